The maximum Gasteiger partial charge on any atom is 0.416 e. The Morgan fingerprint density at radius 3 is 2.39 bits per heavy atom. The normalized spacial score (nSPS) is 18.9. The van der Waals surface area contributed by atoms with Gasteiger partial charge in [0, 0.05) is 0 Å². The number of esters is 1. The number of carbonyl (C=O) groups excluding carboxylic acids is 2. The van der Waals surface area contributed by atoms with Crippen LogP contribution in [0.1, 0.15) is 28.7 Å². The molecule has 3 nitrogen and oxygen atoms in total. The summed E-state index contributed by atoms with van der Waals surface area (Å²) in [6, 6.07) is 11.7. The molecule has 0 saturated carbocycles. The summed E-state index contributed by atoms with van der Waals surface area (Å²) in [4.78, 5) is 25.4. The standard InChI is InChI=1S/C22H17F3O3/c1-28-20(27)21(18-7-3-2-6-16(18)10-13-19(21)26)14-4-5-15-8-11-17(12-9-15)22(23,24)25/h2-13H,14H2,1H3/b5-4+. The van der Waals surface area contributed by atoms with Gasteiger partial charge in [-0.2, -0.15) is 13.2 Å². The molecule has 2 aromatic carbocycles. The summed E-state index contributed by atoms with van der Waals surface area (Å²) >= 11 is 0. The zero-order chi connectivity index (χ0) is 20.4. The first-order valence-electron chi connectivity index (χ1n) is 8.53. The van der Waals surface area contributed by atoms with E-state index in [1.165, 1.54) is 25.3 Å². The molecule has 0 aliphatic heterocycles. The van der Waals surface area contributed by atoms with E-state index in [1.807, 2.05) is 0 Å². The number of benzene rings is 2. The number of methoxy groups -OCH3 is 1. The number of alkyl halides is 3. The maximum absolute atomic E-state index is 12.7. The highest BCUT2D eigenvalue weighted by atomic mass is 19.4. The lowest BCUT2D eigenvalue weighted by atomic mass is 9.69. The molecule has 0 saturated heterocycles. The molecule has 0 spiro atoms. The van der Waals surface area contributed by atoms with Gasteiger partial charge < -0.3 is 4.74 Å². The second-order valence-electron chi connectivity index (χ2n) is 6.41. The van der Waals surface area contributed by atoms with Crippen LogP contribution in [0.2, 0.25) is 0 Å². The first-order valence-corrected chi connectivity index (χ1v) is 8.53. The van der Waals surface area contributed by atoms with Gasteiger partial charge in [0.05, 0.1) is 12.7 Å². The smallest absolute Gasteiger partial charge is 0.416 e. The van der Waals surface area contributed by atoms with Gasteiger partial charge in [-0.25, -0.2) is 0 Å². The van der Waals surface area contributed by atoms with Crippen molar-refractivity contribution in [2.75, 3.05) is 7.11 Å². The minimum atomic E-state index is -4.40. The highest BCUT2D eigenvalue weighted by Gasteiger charge is 2.48. The van der Waals surface area contributed by atoms with Gasteiger partial charge in [-0.3, -0.25) is 9.59 Å². The van der Waals surface area contributed by atoms with Crippen LogP contribution in [0.25, 0.3) is 12.2 Å². The second kappa shape index (κ2) is 7.46. The van der Waals surface area contributed by atoms with E-state index in [9.17, 15) is 22.8 Å². The van der Waals surface area contributed by atoms with Gasteiger partial charge >= 0.3 is 12.1 Å². The first-order chi connectivity index (χ1) is 13.3. The Bertz CT molecular complexity index is 956. The summed E-state index contributed by atoms with van der Waals surface area (Å²) < 4.78 is 42.9. The molecule has 1 atom stereocenters. The molecule has 1 unspecified atom stereocenters. The lowest BCUT2D eigenvalue weighted by molar-refractivity contribution is -0.151. The monoisotopic (exact) mass is 386 g/mol. The number of halogens is 3. The Kier molecular flexibility index (Phi) is 5.23. The number of carbonyl (C=O) groups is 2. The molecule has 1 aliphatic carbocycles. The summed E-state index contributed by atoms with van der Waals surface area (Å²) in [6.45, 7) is 0. The van der Waals surface area contributed by atoms with E-state index in [-0.39, 0.29) is 6.42 Å². The summed E-state index contributed by atoms with van der Waals surface area (Å²) in [5.41, 5.74) is -0.429. The molecular weight excluding hydrogens is 369 g/mol. The quantitative estimate of drug-likeness (QED) is 0.559. The Morgan fingerprint density at radius 2 is 1.75 bits per heavy atom. The molecular formula is C22H17F3O3. The summed E-state index contributed by atoms with van der Waals surface area (Å²) in [5, 5.41) is 0. The van der Waals surface area contributed by atoms with E-state index >= 15 is 0 Å². The molecule has 3 rings (SSSR count). The molecule has 2 aromatic rings. The van der Waals surface area contributed by atoms with Crippen molar-refractivity contribution < 1.29 is 27.5 Å². The van der Waals surface area contributed by atoms with Crippen LogP contribution in [0.3, 0.4) is 0 Å². The predicted molar refractivity (Wildman–Crippen MR) is 99.3 cm³/mol. The lowest BCUT2D eigenvalue weighted by Gasteiger charge is -2.31. The molecule has 0 bridgehead atoms. The lowest BCUT2D eigenvalue weighted by Crippen LogP contribution is -2.45. The van der Waals surface area contributed by atoms with E-state index in [0.717, 1.165) is 17.7 Å². The van der Waals surface area contributed by atoms with Crippen LogP contribution in [0, 0.1) is 0 Å². The Balaban J connectivity index is 1.93. The maximum atomic E-state index is 12.7. The SMILES string of the molecule is COC(=O)C1(C/C=C/c2ccc(C(F)(F)F)cc2)C(=O)C=Cc2ccccc21. The fourth-order valence-electron chi connectivity index (χ4n) is 3.31. The van der Waals surface area contributed by atoms with Gasteiger partial charge in [0.15, 0.2) is 11.2 Å². The van der Waals surface area contributed by atoms with Crippen LogP contribution in [0.5, 0.6) is 0 Å². The summed E-state index contributed by atoms with van der Waals surface area (Å²) in [7, 11) is 1.22. The minimum Gasteiger partial charge on any atom is -0.468 e. The van der Waals surface area contributed by atoms with Gasteiger partial charge in [0.25, 0.3) is 0 Å². The minimum absolute atomic E-state index is 0.0287. The van der Waals surface area contributed by atoms with Crippen molar-refractivity contribution in [3.8, 4) is 0 Å². The fourth-order valence-corrected chi connectivity index (χ4v) is 3.31. The van der Waals surface area contributed by atoms with Crippen molar-refractivity contribution >= 4 is 23.9 Å². The number of ketones is 1. The first kappa shape index (κ1) is 19.6. The van der Waals surface area contributed by atoms with Crippen LogP contribution in [0.15, 0.2) is 60.7 Å². The van der Waals surface area contributed by atoms with Crippen molar-refractivity contribution in [1.82, 2.24) is 0 Å². The number of allylic oxidation sites excluding steroid dienone is 2. The van der Waals surface area contributed by atoms with E-state index in [0.29, 0.717) is 11.1 Å². The summed E-state index contributed by atoms with van der Waals surface area (Å²) in [6.07, 6.45) is 1.82. The zero-order valence-electron chi connectivity index (χ0n) is 15.0. The molecule has 6 heteroatoms. The van der Waals surface area contributed by atoms with Crippen LogP contribution in [-0.4, -0.2) is 18.9 Å². The molecule has 144 valence electrons. The van der Waals surface area contributed by atoms with Crippen molar-refractivity contribution in [2.24, 2.45) is 0 Å². The number of ether oxygens (including phenoxy) is 1. The number of hydrogen-bond acceptors (Lipinski definition) is 3. The van der Waals surface area contributed by atoms with E-state index in [1.54, 1.807) is 42.5 Å². The molecule has 0 fully saturated rings. The third-order valence-corrected chi connectivity index (χ3v) is 4.76. The average molecular weight is 386 g/mol. The van der Waals surface area contributed by atoms with Crippen molar-refractivity contribution in [1.29, 1.82) is 0 Å². The van der Waals surface area contributed by atoms with Crippen molar-refractivity contribution in [3.05, 3.63) is 82.9 Å². The van der Waals surface area contributed by atoms with Crippen LogP contribution in [-0.2, 0) is 25.9 Å². The number of rotatable bonds is 4. The molecule has 0 radical (unpaired) electrons. The van der Waals surface area contributed by atoms with Crippen LogP contribution in [0.4, 0.5) is 13.2 Å². The molecule has 1 aliphatic rings. The molecule has 28 heavy (non-hydrogen) atoms. The van der Waals surface area contributed by atoms with Crippen molar-refractivity contribution in [2.45, 2.75) is 18.0 Å². The average Bonchev–Trinajstić information content (AvgIpc) is 2.69. The van der Waals surface area contributed by atoms with Crippen molar-refractivity contribution in [3.63, 3.8) is 0 Å². The number of hydrogen-bond donors (Lipinski definition) is 0. The van der Waals surface area contributed by atoms with E-state index in [4.69, 9.17) is 4.74 Å². The number of fused-ring (bicyclic) bond motifs is 1. The highest BCUT2D eigenvalue weighted by molar-refractivity contribution is 6.18. The van der Waals surface area contributed by atoms with E-state index in [2.05, 4.69) is 0 Å². The fraction of sp³-hybridized carbons (Fsp3) is 0.182. The molecule has 0 aromatic heterocycles. The Hall–Kier alpha value is -3.15. The van der Waals surface area contributed by atoms with Gasteiger partial charge in [-0.1, -0.05) is 54.6 Å². The second-order valence-corrected chi connectivity index (χ2v) is 6.41. The van der Waals surface area contributed by atoms with Gasteiger partial charge in [0.2, 0.25) is 0 Å². The molecule has 0 N–H and O–H groups in total. The Morgan fingerprint density at radius 1 is 1.07 bits per heavy atom. The zero-order valence-corrected chi connectivity index (χ0v) is 15.0. The molecule has 0 amide bonds. The Labute approximate surface area is 160 Å². The third-order valence-electron chi connectivity index (χ3n) is 4.76. The summed E-state index contributed by atoms with van der Waals surface area (Å²) in [5.74, 6) is -1.07. The van der Waals surface area contributed by atoms with Crippen LogP contribution < -0.4 is 0 Å². The van der Waals surface area contributed by atoms with Gasteiger partial charge in [-0.15, -0.1) is 0 Å². The van der Waals surface area contributed by atoms with E-state index < -0.39 is 28.9 Å². The predicted octanol–water partition coefficient (Wildman–Crippen LogP) is 4.82. The highest BCUT2D eigenvalue weighted by Crippen LogP contribution is 2.38. The largest absolute Gasteiger partial charge is 0.468 e. The van der Waals surface area contributed by atoms with Gasteiger partial charge in [0.1, 0.15) is 0 Å². The molecule has 0 heterocycles. The third kappa shape index (κ3) is 3.50. The van der Waals surface area contributed by atoms with Crippen LogP contribution >= 0.6 is 0 Å². The topological polar surface area (TPSA) is 43.4 Å². The van der Waals surface area contributed by atoms with Gasteiger partial charge in [-0.05, 0) is 41.3 Å².